The second-order valence-electron chi connectivity index (χ2n) is 3.40. The average Bonchev–Trinajstić information content (AvgIpc) is 2.13. The number of rotatable bonds is 2. The fraction of sp³-hybridized carbons (Fsp3) is 0.300. The molecule has 15 heavy (non-hydrogen) atoms. The smallest absolute Gasteiger partial charge is 0.226 e. The van der Waals surface area contributed by atoms with E-state index in [0.717, 1.165) is 0 Å². The standard InChI is InChI=1S/C10H10Cl2FNO/c1-5(2)10(15)14-6-3-7(11)9(13)8(12)4-6/h3-5H,1-2H3,(H,14,15). The lowest BCUT2D eigenvalue weighted by Crippen LogP contribution is -2.17. The second-order valence-corrected chi connectivity index (χ2v) is 4.21. The van der Waals surface area contributed by atoms with Crippen LogP contribution in [0, 0.1) is 11.7 Å². The van der Waals surface area contributed by atoms with Crippen LogP contribution in [-0.2, 0) is 4.79 Å². The van der Waals surface area contributed by atoms with Gasteiger partial charge in [0.25, 0.3) is 0 Å². The molecule has 0 radical (unpaired) electrons. The predicted octanol–water partition coefficient (Wildman–Crippen LogP) is 3.73. The molecule has 1 aromatic carbocycles. The SMILES string of the molecule is CC(C)C(=O)Nc1cc(Cl)c(F)c(Cl)c1. The zero-order valence-electron chi connectivity index (χ0n) is 8.27. The van der Waals surface area contributed by atoms with Gasteiger partial charge in [0, 0.05) is 11.6 Å². The van der Waals surface area contributed by atoms with Crippen molar-refractivity contribution in [2.45, 2.75) is 13.8 Å². The molecule has 0 heterocycles. The first kappa shape index (κ1) is 12.3. The van der Waals surface area contributed by atoms with Crippen molar-refractivity contribution in [2.24, 2.45) is 5.92 Å². The van der Waals surface area contributed by atoms with Gasteiger partial charge in [-0.3, -0.25) is 4.79 Å². The van der Waals surface area contributed by atoms with Crippen LogP contribution in [-0.4, -0.2) is 5.91 Å². The third-order valence-electron chi connectivity index (χ3n) is 1.78. The molecule has 0 bridgehead atoms. The van der Waals surface area contributed by atoms with Crippen LogP contribution < -0.4 is 5.32 Å². The van der Waals surface area contributed by atoms with Gasteiger partial charge in [0.2, 0.25) is 5.91 Å². The normalized spacial score (nSPS) is 10.5. The molecule has 0 aliphatic heterocycles. The Balaban J connectivity index is 2.93. The summed E-state index contributed by atoms with van der Waals surface area (Å²) in [6.45, 7) is 3.50. The highest BCUT2D eigenvalue weighted by Gasteiger charge is 2.11. The van der Waals surface area contributed by atoms with Crippen molar-refractivity contribution in [3.8, 4) is 0 Å². The van der Waals surface area contributed by atoms with E-state index in [1.54, 1.807) is 13.8 Å². The van der Waals surface area contributed by atoms with Crippen molar-refractivity contribution >= 4 is 34.8 Å². The maximum atomic E-state index is 13.0. The Morgan fingerprint density at radius 3 is 2.20 bits per heavy atom. The lowest BCUT2D eigenvalue weighted by Gasteiger charge is -2.08. The lowest BCUT2D eigenvalue weighted by atomic mass is 10.2. The van der Waals surface area contributed by atoms with Crippen molar-refractivity contribution in [1.82, 2.24) is 0 Å². The molecule has 0 aliphatic rings. The summed E-state index contributed by atoms with van der Waals surface area (Å²) in [7, 11) is 0. The van der Waals surface area contributed by atoms with Gasteiger partial charge in [0.1, 0.15) is 0 Å². The summed E-state index contributed by atoms with van der Waals surface area (Å²) >= 11 is 11.1. The number of benzene rings is 1. The summed E-state index contributed by atoms with van der Waals surface area (Å²) in [5.74, 6) is -1.01. The van der Waals surface area contributed by atoms with Crippen molar-refractivity contribution in [3.63, 3.8) is 0 Å². The Bertz CT molecular complexity index is 370. The van der Waals surface area contributed by atoms with Crippen LogP contribution in [0.15, 0.2) is 12.1 Å². The Labute approximate surface area is 97.4 Å². The summed E-state index contributed by atoms with van der Waals surface area (Å²) in [5, 5.41) is 2.36. The quantitative estimate of drug-likeness (QED) is 0.796. The van der Waals surface area contributed by atoms with Crippen LogP contribution >= 0.6 is 23.2 Å². The number of halogens is 3. The number of hydrogen-bond acceptors (Lipinski definition) is 1. The topological polar surface area (TPSA) is 29.1 Å². The summed E-state index contributed by atoms with van der Waals surface area (Å²) in [6, 6.07) is 2.64. The molecular formula is C10H10Cl2FNO. The van der Waals surface area contributed by atoms with Gasteiger partial charge in [0.05, 0.1) is 10.0 Å². The summed E-state index contributed by atoms with van der Waals surface area (Å²) in [5.41, 5.74) is 0.394. The predicted molar refractivity (Wildman–Crippen MR) is 59.9 cm³/mol. The molecule has 0 saturated carbocycles. The van der Waals surface area contributed by atoms with E-state index in [9.17, 15) is 9.18 Å². The molecule has 0 atom stereocenters. The van der Waals surface area contributed by atoms with E-state index in [1.165, 1.54) is 12.1 Å². The van der Waals surface area contributed by atoms with Gasteiger partial charge in [-0.05, 0) is 12.1 Å². The Hall–Kier alpha value is -0.800. The first-order valence-corrected chi connectivity index (χ1v) is 5.13. The Kier molecular flexibility index (Phi) is 3.94. The first-order valence-electron chi connectivity index (χ1n) is 4.37. The van der Waals surface area contributed by atoms with E-state index < -0.39 is 5.82 Å². The second kappa shape index (κ2) is 4.81. The number of anilines is 1. The molecule has 1 N–H and O–H groups in total. The number of nitrogens with one attached hydrogen (secondary N) is 1. The highest BCUT2D eigenvalue weighted by atomic mass is 35.5. The molecule has 1 rings (SSSR count). The van der Waals surface area contributed by atoms with Gasteiger partial charge < -0.3 is 5.32 Å². The average molecular weight is 250 g/mol. The molecule has 2 nitrogen and oxygen atoms in total. The molecule has 0 aromatic heterocycles. The van der Waals surface area contributed by atoms with E-state index in [-0.39, 0.29) is 21.9 Å². The number of hydrogen-bond donors (Lipinski definition) is 1. The number of carbonyl (C=O) groups is 1. The summed E-state index contributed by atoms with van der Waals surface area (Å²) in [6.07, 6.45) is 0. The van der Waals surface area contributed by atoms with Gasteiger partial charge in [-0.25, -0.2) is 4.39 Å². The van der Waals surface area contributed by atoms with Crippen LogP contribution in [0.2, 0.25) is 10.0 Å². The van der Waals surface area contributed by atoms with E-state index >= 15 is 0 Å². The largest absolute Gasteiger partial charge is 0.326 e. The Morgan fingerprint density at radius 1 is 1.33 bits per heavy atom. The minimum atomic E-state index is -0.680. The first-order chi connectivity index (χ1) is 6.91. The molecule has 0 saturated heterocycles. The van der Waals surface area contributed by atoms with Gasteiger partial charge >= 0.3 is 0 Å². The zero-order chi connectivity index (χ0) is 11.6. The lowest BCUT2D eigenvalue weighted by molar-refractivity contribution is -0.118. The molecule has 82 valence electrons. The van der Waals surface area contributed by atoms with E-state index in [1.807, 2.05) is 0 Å². The zero-order valence-corrected chi connectivity index (χ0v) is 9.79. The van der Waals surface area contributed by atoms with Crippen LogP contribution in [0.25, 0.3) is 0 Å². The van der Waals surface area contributed by atoms with Crippen LogP contribution in [0.1, 0.15) is 13.8 Å². The van der Waals surface area contributed by atoms with Gasteiger partial charge in [-0.2, -0.15) is 0 Å². The molecule has 0 aliphatic carbocycles. The fourth-order valence-corrected chi connectivity index (χ4v) is 1.40. The fourth-order valence-electron chi connectivity index (χ4n) is 0.914. The summed E-state index contributed by atoms with van der Waals surface area (Å²) in [4.78, 5) is 11.3. The van der Waals surface area contributed by atoms with E-state index in [0.29, 0.717) is 5.69 Å². The van der Waals surface area contributed by atoms with Gasteiger partial charge in [-0.15, -0.1) is 0 Å². The van der Waals surface area contributed by atoms with Gasteiger partial charge in [-0.1, -0.05) is 37.0 Å². The third kappa shape index (κ3) is 3.08. The number of amides is 1. The van der Waals surface area contributed by atoms with Crippen LogP contribution in [0.5, 0.6) is 0 Å². The maximum absolute atomic E-state index is 13.0. The van der Waals surface area contributed by atoms with Crippen LogP contribution in [0.4, 0.5) is 10.1 Å². The van der Waals surface area contributed by atoms with Crippen molar-refractivity contribution < 1.29 is 9.18 Å². The highest BCUT2D eigenvalue weighted by molar-refractivity contribution is 6.35. The third-order valence-corrected chi connectivity index (χ3v) is 2.33. The minimum Gasteiger partial charge on any atom is -0.326 e. The molecule has 1 aromatic rings. The van der Waals surface area contributed by atoms with Gasteiger partial charge in [0.15, 0.2) is 5.82 Å². The summed E-state index contributed by atoms with van der Waals surface area (Å²) < 4.78 is 13.0. The molecule has 0 unspecified atom stereocenters. The molecule has 5 heteroatoms. The Morgan fingerprint density at radius 2 is 1.80 bits per heavy atom. The maximum Gasteiger partial charge on any atom is 0.226 e. The molecular weight excluding hydrogens is 240 g/mol. The van der Waals surface area contributed by atoms with Crippen LogP contribution in [0.3, 0.4) is 0 Å². The number of carbonyl (C=O) groups excluding carboxylic acids is 1. The monoisotopic (exact) mass is 249 g/mol. The molecule has 0 spiro atoms. The van der Waals surface area contributed by atoms with E-state index in [4.69, 9.17) is 23.2 Å². The van der Waals surface area contributed by atoms with Crippen molar-refractivity contribution in [1.29, 1.82) is 0 Å². The van der Waals surface area contributed by atoms with E-state index in [2.05, 4.69) is 5.32 Å². The molecule has 0 fully saturated rings. The minimum absolute atomic E-state index is 0.110. The molecule has 1 amide bonds. The van der Waals surface area contributed by atoms with Crippen molar-refractivity contribution in [2.75, 3.05) is 5.32 Å². The highest BCUT2D eigenvalue weighted by Crippen LogP contribution is 2.27. The van der Waals surface area contributed by atoms with Crippen molar-refractivity contribution in [3.05, 3.63) is 28.0 Å².